The van der Waals surface area contributed by atoms with E-state index >= 15 is 0 Å². The minimum absolute atomic E-state index is 0.202. The summed E-state index contributed by atoms with van der Waals surface area (Å²) in [6.07, 6.45) is 22.5. The first-order chi connectivity index (χ1) is 12.6. The summed E-state index contributed by atoms with van der Waals surface area (Å²) in [7, 11) is 0. The molecule has 2 atom stereocenters. The maximum atomic E-state index is 10.6. The molecule has 0 aliphatic rings. The quantitative estimate of drug-likeness (QED) is 0.237. The number of rotatable bonds is 20. The predicted octanol–water partition coefficient (Wildman–Crippen LogP) is 5.77. The summed E-state index contributed by atoms with van der Waals surface area (Å²) >= 11 is 0. The zero-order chi connectivity index (χ0) is 19.5. The third-order valence-corrected chi connectivity index (χ3v) is 5.34. The summed E-state index contributed by atoms with van der Waals surface area (Å²) in [5, 5.41) is 8.74. The minimum Gasteiger partial charge on any atom is -0.480 e. The molecule has 0 spiro atoms. The van der Waals surface area contributed by atoms with Crippen molar-refractivity contribution in [3.8, 4) is 0 Å². The van der Waals surface area contributed by atoms with Gasteiger partial charge in [0.15, 0.2) is 0 Å². The zero-order valence-corrected chi connectivity index (χ0v) is 17.4. The molecule has 5 N–H and O–H groups in total. The molecule has 156 valence electrons. The average molecular weight is 371 g/mol. The zero-order valence-electron chi connectivity index (χ0n) is 17.4. The van der Waals surface area contributed by atoms with Crippen LogP contribution >= 0.6 is 0 Å². The van der Waals surface area contributed by atoms with E-state index in [1.54, 1.807) is 0 Å². The van der Waals surface area contributed by atoms with E-state index < -0.39 is 12.0 Å². The van der Waals surface area contributed by atoms with Crippen molar-refractivity contribution in [2.24, 2.45) is 11.5 Å². The van der Waals surface area contributed by atoms with Gasteiger partial charge in [0.05, 0.1) is 0 Å². The van der Waals surface area contributed by atoms with E-state index in [2.05, 4.69) is 6.92 Å². The van der Waals surface area contributed by atoms with Crippen LogP contribution in [-0.2, 0) is 4.79 Å². The van der Waals surface area contributed by atoms with E-state index in [1.165, 1.54) is 89.9 Å². The van der Waals surface area contributed by atoms with Crippen LogP contribution in [0, 0.1) is 0 Å². The van der Waals surface area contributed by atoms with Gasteiger partial charge in [-0.25, -0.2) is 0 Å². The molecule has 2 unspecified atom stereocenters. The summed E-state index contributed by atoms with van der Waals surface area (Å²) in [6.45, 7) is 2.27. The molecule has 0 radical (unpaired) electrons. The predicted molar refractivity (Wildman–Crippen MR) is 112 cm³/mol. The number of carbonyl (C=O) groups is 1. The van der Waals surface area contributed by atoms with Gasteiger partial charge in [0, 0.05) is 6.04 Å². The molecular formula is C22H46N2O2. The SMILES string of the molecule is CCCCCCCCCCCCCCCCC(N)CCCC(N)C(=O)O. The molecule has 0 fully saturated rings. The Morgan fingerprint density at radius 1 is 0.654 bits per heavy atom. The number of unbranched alkanes of at least 4 members (excludes halogenated alkanes) is 13. The number of hydrogen-bond acceptors (Lipinski definition) is 3. The Balaban J connectivity index is 3.19. The summed E-state index contributed by atoms with van der Waals surface area (Å²) < 4.78 is 0. The van der Waals surface area contributed by atoms with Crippen LogP contribution in [0.2, 0.25) is 0 Å². The number of hydrogen-bond donors (Lipinski definition) is 3. The Labute approximate surface area is 162 Å². The van der Waals surface area contributed by atoms with Gasteiger partial charge >= 0.3 is 5.97 Å². The molecule has 0 amide bonds. The summed E-state index contributed by atoms with van der Waals surface area (Å²) in [4.78, 5) is 10.6. The molecule has 4 heteroatoms. The van der Waals surface area contributed by atoms with Gasteiger partial charge in [-0.1, -0.05) is 96.8 Å². The monoisotopic (exact) mass is 370 g/mol. The molecule has 0 rings (SSSR count). The Bertz CT molecular complexity index is 311. The molecule has 0 aliphatic carbocycles. The first-order valence-corrected chi connectivity index (χ1v) is 11.3. The second-order valence-electron chi connectivity index (χ2n) is 8.02. The van der Waals surface area contributed by atoms with Crippen LogP contribution in [0.15, 0.2) is 0 Å². The van der Waals surface area contributed by atoms with Crippen molar-refractivity contribution in [1.82, 2.24) is 0 Å². The fourth-order valence-electron chi connectivity index (χ4n) is 3.47. The summed E-state index contributed by atoms with van der Waals surface area (Å²) in [5.74, 6) is -0.912. The molecule has 0 aromatic carbocycles. The standard InChI is InChI=1S/C22H46N2O2/c1-2-3-4-5-6-7-8-9-10-11-12-13-14-15-17-20(23)18-16-19-21(24)22(25)26/h20-21H,2-19,23-24H2,1H3,(H,25,26). The highest BCUT2D eigenvalue weighted by molar-refractivity contribution is 5.72. The smallest absolute Gasteiger partial charge is 0.320 e. The normalized spacial score (nSPS) is 13.7. The topological polar surface area (TPSA) is 89.3 Å². The van der Waals surface area contributed by atoms with Gasteiger partial charge in [-0.05, 0) is 25.7 Å². The van der Waals surface area contributed by atoms with Gasteiger partial charge in [0.2, 0.25) is 0 Å². The molecule has 0 bridgehead atoms. The number of carboxylic acid groups (broad SMARTS) is 1. The lowest BCUT2D eigenvalue weighted by Crippen LogP contribution is -2.30. The number of nitrogens with two attached hydrogens (primary N) is 2. The van der Waals surface area contributed by atoms with E-state index in [0.29, 0.717) is 6.42 Å². The lowest BCUT2D eigenvalue weighted by Gasteiger charge is -2.12. The third-order valence-electron chi connectivity index (χ3n) is 5.34. The van der Waals surface area contributed by atoms with Crippen molar-refractivity contribution in [3.63, 3.8) is 0 Å². The first kappa shape index (κ1) is 25.4. The van der Waals surface area contributed by atoms with Crippen molar-refractivity contribution in [3.05, 3.63) is 0 Å². The largest absolute Gasteiger partial charge is 0.480 e. The maximum Gasteiger partial charge on any atom is 0.320 e. The van der Waals surface area contributed by atoms with E-state index in [4.69, 9.17) is 16.6 Å². The fraction of sp³-hybridized carbons (Fsp3) is 0.955. The van der Waals surface area contributed by atoms with Gasteiger partial charge in [-0.3, -0.25) is 4.79 Å². The van der Waals surface area contributed by atoms with Gasteiger partial charge in [0.25, 0.3) is 0 Å². The fourth-order valence-corrected chi connectivity index (χ4v) is 3.47. The van der Waals surface area contributed by atoms with E-state index in [9.17, 15) is 4.79 Å². The Morgan fingerprint density at radius 2 is 1.04 bits per heavy atom. The highest BCUT2D eigenvalue weighted by Crippen LogP contribution is 2.14. The molecule has 0 saturated carbocycles. The van der Waals surface area contributed by atoms with Crippen LogP contribution in [0.5, 0.6) is 0 Å². The average Bonchev–Trinajstić information content (AvgIpc) is 2.61. The molecule has 0 aromatic heterocycles. The summed E-state index contributed by atoms with van der Waals surface area (Å²) in [5.41, 5.74) is 11.6. The van der Waals surface area contributed by atoms with E-state index in [-0.39, 0.29) is 6.04 Å². The second-order valence-corrected chi connectivity index (χ2v) is 8.02. The molecule has 0 aromatic rings. The maximum absolute atomic E-state index is 10.6. The van der Waals surface area contributed by atoms with Gasteiger partial charge in [-0.2, -0.15) is 0 Å². The number of aliphatic carboxylic acids is 1. The molecule has 0 aliphatic heterocycles. The van der Waals surface area contributed by atoms with Crippen LogP contribution in [0.1, 0.15) is 122 Å². The minimum atomic E-state index is -0.912. The van der Waals surface area contributed by atoms with Crippen molar-refractivity contribution >= 4 is 5.97 Å². The highest BCUT2D eigenvalue weighted by Gasteiger charge is 2.11. The highest BCUT2D eigenvalue weighted by atomic mass is 16.4. The van der Waals surface area contributed by atoms with Crippen molar-refractivity contribution < 1.29 is 9.90 Å². The second kappa shape index (κ2) is 19.2. The lowest BCUT2D eigenvalue weighted by molar-refractivity contribution is -0.138. The summed E-state index contributed by atoms with van der Waals surface area (Å²) in [6, 6.07) is -0.531. The van der Waals surface area contributed by atoms with Crippen molar-refractivity contribution in [1.29, 1.82) is 0 Å². The van der Waals surface area contributed by atoms with E-state index in [0.717, 1.165) is 19.3 Å². The molecule has 26 heavy (non-hydrogen) atoms. The molecular weight excluding hydrogens is 324 g/mol. The van der Waals surface area contributed by atoms with Gasteiger partial charge in [0.1, 0.15) is 6.04 Å². The third kappa shape index (κ3) is 18.2. The van der Waals surface area contributed by atoms with E-state index in [1.807, 2.05) is 0 Å². The molecule has 4 nitrogen and oxygen atoms in total. The number of carboxylic acids is 1. The first-order valence-electron chi connectivity index (χ1n) is 11.3. The van der Waals surface area contributed by atoms with Crippen LogP contribution in [0.4, 0.5) is 0 Å². The van der Waals surface area contributed by atoms with Crippen LogP contribution in [-0.4, -0.2) is 23.2 Å². The van der Waals surface area contributed by atoms with Crippen LogP contribution in [0.3, 0.4) is 0 Å². The van der Waals surface area contributed by atoms with Crippen molar-refractivity contribution in [2.45, 2.75) is 135 Å². The molecule has 0 heterocycles. The van der Waals surface area contributed by atoms with Gasteiger partial charge < -0.3 is 16.6 Å². The Hall–Kier alpha value is -0.610. The Kier molecular flexibility index (Phi) is 18.7. The van der Waals surface area contributed by atoms with Crippen LogP contribution in [0.25, 0.3) is 0 Å². The van der Waals surface area contributed by atoms with Gasteiger partial charge in [-0.15, -0.1) is 0 Å². The Morgan fingerprint density at radius 3 is 1.46 bits per heavy atom. The lowest BCUT2D eigenvalue weighted by atomic mass is 10.0. The van der Waals surface area contributed by atoms with Crippen LogP contribution < -0.4 is 11.5 Å². The molecule has 0 saturated heterocycles. The van der Waals surface area contributed by atoms with Crippen molar-refractivity contribution in [2.75, 3.05) is 0 Å².